The zero-order valence-electron chi connectivity index (χ0n) is 10.3. The van der Waals surface area contributed by atoms with Crippen LogP contribution in [0.3, 0.4) is 0 Å². The summed E-state index contributed by atoms with van der Waals surface area (Å²) in [7, 11) is 0. The summed E-state index contributed by atoms with van der Waals surface area (Å²) in [6.07, 6.45) is 0. The summed E-state index contributed by atoms with van der Waals surface area (Å²) in [6, 6.07) is 7.56. The number of rotatable bonds is 5. The predicted molar refractivity (Wildman–Crippen MR) is 77.8 cm³/mol. The first-order valence-corrected chi connectivity index (χ1v) is 6.56. The van der Waals surface area contributed by atoms with Gasteiger partial charge < -0.3 is 10.6 Å². The number of benzene rings is 1. The molecule has 19 heavy (non-hydrogen) atoms. The van der Waals surface area contributed by atoms with Crippen LogP contribution >= 0.6 is 23.2 Å². The van der Waals surface area contributed by atoms with Crippen LogP contribution < -0.4 is 10.6 Å². The molecule has 1 heterocycles. The number of aromatic nitrogens is 3. The largest absolute Gasteiger partial charge is 0.354 e. The Bertz CT molecular complexity index is 562. The first-order chi connectivity index (χ1) is 9.17. The second-order valence-corrected chi connectivity index (χ2v) is 4.54. The molecule has 5 nitrogen and oxygen atoms in total. The molecule has 0 aliphatic rings. The molecular formula is C12H13Cl2N5. The van der Waals surface area contributed by atoms with Gasteiger partial charge in [-0.3, -0.25) is 0 Å². The van der Waals surface area contributed by atoms with Gasteiger partial charge in [0.05, 0.1) is 0 Å². The van der Waals surface area contributed by atoms with Gasteiger partial charge in [-0.05, 0) is 36.2 Å². The zero-order chi connectivity index (χ0) is 13.7. The smallest absolute Gasteiger partial charge is 0.229 e. The van der Waals surface area contributed by atoms with Gasteiger partial charge in [-0.25, -0.2) is 0 Å². The van der Waals surface area contributed by atoms with Crippen LogP contribution in [0.5, 0.6) is 0 Å². The fraction of sp³-hybridized carbons (Fsp3) is 0.250. The highest BCUT2D eigenvalue weighted by Crippen LogP contribution is 2.13. The third-order valence-corrected chi connectivity index (χ3v) is 2.69. The van der Waals surface area contributed by atoms with Gasteiger partial charge in [-0.1, -0.05) is 23.7 Å². The van der Waals surface area contributed by atoms with E-state index < -0.39 is 0 Å². The monoisotopic (exact) mass is 297 g/mol. The van der Waals surface area contributed by atoms with Gasteiger partial charge in [0.15, 0.2) is 0 Å². The summed E-state index contributed by atoms with van der Waals surface area (Å²) in [6.45, 7) is 3.23. The summed E-state index contributed by atoms with van der Waals surface area (Å²) >= 11 is 11.7. The normalized spacial score (nSPS) is 10.3. The summed E-state index contributed by atoms with van der Waals surface area (Å²) in [5, 5.41) is 6.92. The van der Waals surface area contributed by atoms with E-state index >= 15 is 0 Å². The van der Waals surface area contributed by atoms with Crippen molar-refractivity contribution >= 4 is 35.1 Å². The van der Waals surface area contributed by atoms with Crippen molar-refractivity contribution in [2.75, 3.05) is 17.2 Å². The number of nitrogens with one attached hydrogen (secondary N) is 2. The van der Waals surface area contributed by atoms with E-state index in [-0.39, 0.29) is 5.28 Å². The van der Waals surface area contributed by atoms with Crippen molar-refractivity contribution in [3.05, 3.63) is 40.1 Å². The first kappa shape index (κ1) is 13.8. The van der Waals surface area contributed by atoms with Crippen molar-refractivity contribution in [1.82, 2.24) is 15.0 Å². The quantitative estimate of drug-likeness (QED) is 0.887. The second kappa shape index (κ2) is 6.54. The topological polar surface area (TPSA) is 62.7 Å². The van der Waals surface area contributed by atoms with Crippen LogP contribution in [0.1, 0.15) is 12.5 Å². The molecule has 0 bridgehead atoms. The number of halogens is 2. The highest BCUT2D eigenvalue weighted by atomic mass is 35.5. The molecular weight excluding hydrogens is 285 g/mol. The van der Waals surface area contributed by atoms with Crippen molar-refractivity contribution in [2.24, 2.45) is 0 Å². The molecule has 0 saturated heterocycles. The lowest BCUT2D eigenvalue weighted by Gasteiger charge is -2.07. The van der Waals surface area contributed by atoms with Crippen molar-refractivity contribution in [3.8, 4) is 0 Å². The van der Waals surface area contributed by atoms with Crippen molar-refractivity contribution in [3.63, 3.8) is 0 Å². The molecule has 1 aromatic heterocycles. The maximum atomic E-state index is 5.92. The summed E-state index contributed by atoms with van der Waals surface area (Å²) in [4.78, 5) is 12.2. The van der Waals surface area contributed by atoms with Crippen LogP contribution in [0.2, 0.25) is 10.3 Å². The molecule has 2 rings (SSSR count). The lowest BCUT2D eigenvalue weighted by atomic mass is 10.2. The standard InChI is InChI=1S/C12H13Cl2N5/c1-2-15-11-17-10(14)18-12(19-11)16-7-8-4-3-5-9(13)6-8/h3-6H,2,7H2,1H3,(H2,15,16,17,18,19). The first-order valence-electron chi connectivity index (χ1n) is 5.81. The van der Waals surface area contributed by atoms with Crippen LogP contribution in [-0.2, 0) is 6.54 Å². The second-order valence-electron chi connectivity index (χ2n) is 3.77. The molecule has 0 atom stereocenters. The molecule has 0 fully saturated rings. The van der Waals surface area contributed by atoms with E-state index in [0.717, 1.165) is 5.56 Å². The minimum atomic E-state index is 0.152. The van der Waals surface area contributed by atoms with Crippen LogP contribution in [0.4, 0.5) is 11.9 Å². The van der Waals surface area contributed by atoms with Crippen LogP contribution in [0.25, 0.3) is 0 Å². The fourth-order valence-corrected chi connectivity index (χ4v) is 1.87. The Morgan fingerprint density at radius 2 is 1.79 bits per heavy atom. The van der Waals surface area contributed by atoms with Gasteiger partial charge in [0, 0.05) is 18.1 Å². The van der Waals surface area contributed by atoms with Crippen LogP contribution in [-0.4, -0.2) is 21.5 Å². The Hall–Kier alpha value is -1.59. The molecule has 0 radical (unpaired) electrons. The van der Waals surface area contributed by atoms with E-state index in [4.69, 9.17) is 23.2 Å². The summed E-state index contributed by atoms with van der Waals surface area (Å²) < 4.78 is 0. The molecule has 7 heteroatoms. The molecule has 0 amide bonds. The van der Waals surface area contributed by atoms with Crippen molar-refractivity contribution in [1.29, 1.82) is 0 Å². The van der Waals surface area contributed by atoms with Crippen LogP contribution in [0.15, 0.2) is 24.3 Å². The highest BCUT2D eigenvalue weighted by molar-refractivity contribution is 6.30. The average Bonchev–Trinajstić information content (AvgIpc) is 2.36. The maximum Gasteiger partial charge on any atom is 0.229 e. The van der Waals surface area contributed by atoms with Gasteiger partial charge in [-0.2, -0.15) is 15.0 Å². The van der Waals surface area contributed by atoms with E-state index in [1.807, 2.05) is 31.2 Å². The predicted octanol–water partition coefficient (Wildman–Crippen LogP) is 3.22. The third kappa shape index (κ3) is 4.22. The van der Waals surface area contributed by atoms with Gasteiger partial charge >= 0.3 is 0 Å². The van der Waals surface area contributed by atoms with Crippen LogP contribution in [0, 0.1) is 0 Å². The van der Waals surface area contributed by atoms with E-state index in [0.29, 0.717) is 30.0 Å². The van der Waals surface area contributed by atoms with E-state index in [2.05, 4.69) is 25.6 Å². The number of nitrogens with zero attached hydrogens (tertiary/aromatic N) is 3. The summed E-state index contributed by atoms with van der Waals surface area (Å²) in [5.41, 5.74) is 1.04. The number of anilines is 2. The molecule has 2 aromatic rings. The SMILES string of the molecule is CCNc1nc(Cl)nc(NCc2cccc(Cl)c2)n1. The average molecular weight is 298 g/mol. The molecule has 0 aliphatic heterocycles. The van der Waals surface area contributed by atoms with E-state index in [1.54, 1.807) is 0 Å². The van der Waals surface area contributed by atoms with Crippen molar-refractivity contribution < 1.29 is 0 Å². The van der Waals surface area contributed by atoms with E-state index in [9.17, 15) is 0 Å². The Morgan fingerprint density at radius 3 is 2.47 bits per heavy atom. The zero-order valence-corrected chi connectivity index (χ0v) is 11.8. The minimum Gasteiger partial charge on any atom is -0.354 e. The molecule has 0 saturated carbocycles. The van der Waals surface area contributed by atoms with E-state index in [1.165, 1.54) is 0 Å². The molecule has 0 aliphatic carbocycles. The Morgan fingerprint density at radius 1 is 1.05 bits per heavy atom. The molecule has 100 valence electrons. The lowest BCUT2D eigenvalue weighted by molar-refractivity contribution is 0.987. The van der Waals surface area contributed by atoms with Gasteiger partial charge in [0.2, 0.25) is 17.2 Å². The molecule has 0 spiro atoms. The van der Waals surface area contributed by atoms with Gasteiger partial charge in [0.25, 0.3) is 0 Å². The number of hydrogen-bond acceptors (Lipinski definition) is 5. The molecule has 2 N–H and O–H groups in total. The molecule has 0 unspecified atom stereocenters. The maximum absolute atomic E-state index is 5.92. The third-order valence-electron chi connectivity index (χ3n) is 2.28. The lowest BCUT2D eigenvalue weighted by Crippen LogP contribution is -2.08. The Labute approximate surface area is 121 Å². The Balaban J connectivity index is 2.06. The summed E-state index contributed by atoms with van der Waals surface area (Å²) in [5.74, 6) is 0.881. The van der Waals surface area contributed by atoms with Crippen molar-refractivity contribution in [2.45, 2.75) is 13.5 Å². The van der Waals surface area contributed by atoms with Gasteiger partial charge in [-0.15, -0.1) is 0 Å². The van der Waals surface area contributed by atoms with Gasteiger partial charge in [0.1, 0.15) is 0 Å². The fourth-order valence-electron chi connectivity index (χ4n) is 1.49. The molecule has 1 aromatic carbocycles. The number of hydrogen-bond donors (Lipinski definition) is 2. The minimum absolute atomic E-state index is 0.152. The highest BCUT2D eigenvalue weighted by Gasteiger charge is 2.04. The Kier molecular flexibility index (Phi) is 4.76.